The molecule has 154 valence electrons. The lowest BCUT2D eigenvalue weighted by atomic mass is 10.1. The summed E-state index contributed by atoms with van der Waals surface area (Å²) in [4.78, 5) is 36.9. The van der Waals surface area contributed by atoms with Gasteiger partial charge >= 0.3 is 5.97 Å². The Morgan fingerprint density at radius 1 is 1.10 bits per heavy atom. The monoisotopic (exact) mass is 454 g/mol. The number of rotatable bonds is 9. The van der Waals surface area contributed by atoms with E-state index in [4.69, 9.17) is 27.9 Å². The predicted octanol–water partition coefficient (Wildman–Crippen LogP) is 4.03. The maximum atomic E-state index is 12.5. The van der Waals surface area contributed by atoms with E-state index in [1.54, 1.807) is 48.5 Å². The maximum absolute atomic E-state index is 12.5. The molecule has 1 atom stereocenters. The highest BCUT2D eigenvalue weighted by molar-refractivity contribution is 7.98. The summed E-state index contributed by atoms with van der Waals surface area (Å²) in [6.07, 6.45) is 2.24. The van der Waals surface area contributed by atoms with Crippen molar-refractivity contribution in [2.75, 3.05) is 23.9 Å². The van der Waals surface area contributed by atoms with E-state index in [1.807, 2.05) is 6.26 Å². The first-order valence-electron chi connectivity index (χ1n) is 8.67. The Bertz CT molecular complexity index is 879. The van der Waals surface area contributed by atoms with Gasteiger partial charge in [-0.2, -0.15) is 11.8 Å². The van der Waals surface area contributed by atoms with Crippen LogP contribution in [0.4, 0.5) is 5.69 Å². The van der Waals surface area contributed by atoms with Crippen LogP contribution in [-0.2, 0) is 14.3 Å². The van der Waals surface area contributed by atoms with Crippen molar-refractivity contribution >= 4 is 58.4 Å². The molecule has 0 saturated carbocycles. The molecule has 9 heteroatoms. The van der Waals surface area contributed by atoms with Gasteiger partial charge in [0.05, 0.1) is 10.6 Å². The van der Waals surface area contributed by atoms with Gasteiger partial charge in [-0.25, -0.2) is 4.79 Å². The number of amides is 2. The fraction of sp³-hybridized carbons (Fsp3) is 0.250. The molecule has 0 radical (unpaired) electrons. The van der Waals surface area contributed by atoms with E-state index in [2.05, 4.69) is 10.6 Å². The average Bonchev–Trinajstić information content (AvgIpc) is 2.69. The molecule has 0 spiro atoms. The molecule has 0 aromatic heterocycles. The van der Waals surface area contributed by atoms with Crippen LogP contribution in [0, 0.1) is 0 Å². The van der Waals surface area contributed by atoms with Crippen LogP contribution in [0.3, 0.4) is 0 Å². The first kappa shape index (κ1) is 23.1. The smallest absolute Gasteiger partial charge is 0.329 e. The highest BCUT2D eigenvalue weighted by atomic mass is 35.5. The third kappa shape index (κ3) is 7.61. The van der Waals surface area contributed by atoms with Gasteiger partial charge in [0.25, 0.3) is 11.8 Å². The number of carbonyl (C=O) groups excluding carboxylic acids is 3. The van der Waals surface area contributed by atoms with Gasteiger partial charge in [-0.15, -0.1) is 0 Å². The molecule has 6 nitrogen and oxygen atoms in total. The van der Waals surface area contributed by atoms with Crippen LogP contribution in [0.1, 0.15) is 16.8 Å². The average molecular weight is 455 g/mol. The van der Waals surface area contributed by atoms with Crippen LogP contribution in [0.15, 0.2) is 48.5 Å². The molecular weight excluding hydrogens is 435 g/mol. The highest BCUT2D eigenvalue weighted by Crippen LogP contribution is 2.16. The molecule has 2 amide bonds. The lowest BCUT2D eigenvalue weighted by Crippen LogP contribution is -2.43. The third-order valence-electron chi connectivity index (χ3n) is 3.77. The molecule has 29 heavy (non-hydrogen) atoms. The summed E-state index contributed by atoms with van der Waals surface area (Å²) < 4.78 is 5.09. The number of hydrogen-bond donors (Lipinski definition) is 2. The zero-order valence-electron chi connectivity index (χ0n) is 15.6. The first-order chi connectivity index (χ1) is 13.9. The molecule has 1 unspecified atom stereocenters. The van der Waals surface area contributed by atoms with Crippen LogP contribution in [-0.4, -0.2) is 42.4 Å². The Labute approximate surface area is 183 Å². The largest absolute Gasteiger partial charge is 0.454 e. The second-order valence-corrected chi connectivity index (χ2v) is 7.78. The number of nitrogens with one attached hydrogen (secondary N) is 2. The second-order valence-electron chi connectivity index (χ2n) is 5.95. The molecule has 0 aliphatic carbocycles. The topological polar surface area (TPSA) is 84.5 Å². The number of ether oxygens (including phenoxy) is 1. The van der Waals surface area contributed by atoms with E-state index in [0.717, 1.165) is 0 Å². The van der Waals surface area contributed by atoms with E-state index in [0.29, 0.717) is 22.9 Å². The van der Waals surface area contributed by atoms with Crippen molar-refractivity contribution in [3.63, 3.8) is 0 Å². The van der Waals surface area contributed by atoms with E-state index >= 15 is 0 Å². The summed E-state index contributed by atoms with van der Waals surface area (Å²) in [5.41, 5.74) is 0.749. The summed E-state index contributed by atoms with van der Waals surface area (Å²) in [5.74, 6) is -1.07. The SMILES string of the molecule is CSCCC(NC(=O)c1ccccc1Cl)C(=O)OCC(=O)Nc1cccc(Cl)c1. The quantitative estimate of drug-likeness (QED) is 0.558. The maximum Gasteiger partial charge on any atom is 0.329 e. The van der Waals surface area contributed by atoms with Gasteiger partial charge in [0.2, 0.25) is 0 Å². The molecule has 2 aromatic carbocycles. The number of anilines is 1. The summed E-state index contributed by atoms with van der Waals surface area (Å²) >= 11 is 13.4. The molecule has 0 heterocycles. The van der Waals surface area contributed by atoms with Crippen LogP contribution in [0.2, 0.25) is 10.0 Å². The number of hydrogen-bond acceptors (Lipinski definition) is 5. The second kappa shape index (κ2) is 11.7. The van der Waals surface area contributed by atoms with E-state index < -0.39 is 30.4 Å². The fourth-order valence-corrected chi connectivity index (χ4v) is 3.25. The Morgan fingerprint density at radius 3 is 2.55 bits per heavy atom. The molecule has 2 aromatic rings. The molecule has 2 rings (SSSR count). The summed E-state index contributed by atoms with van der Waals surface area (Å²) in [6, 6.07) is 12.2. The predicted molar refractivity (Wildman–Crippen MR) is 117 cm³/mol. The Morgan fingerprint density at radius 2 is 1.86 bits per heavy atom. The van der Waals surface area contributed by atoms with Crippen molar-refractivity contribution in [3.8, 4) is 0 Å². The van der Waals surface area contributed by atoms with Crippen molar-refractivity contribution in [3.05, 3.63) is 64.1 Å². The molecule has 0 aliphatic heterocycles. The lowest BCUT2D eigenvalue weighted by molar-refractivity contribution is -0.149. The summed E-state index contributed by atoms with van der Waals surface area (Å²) in [5, 5.41) is 5.97. The van der Waals surface area contributed by atoms with Gasteiger partial charge in [0.15, 0.2) is 6.61 Å². The lowest BCUT2D eigenvalue weighted by Gasteiger charge is -2.17. The highest BCUT2D eigenvalue weighted by Gasteiger charge is 2.24. The van der Waals surface area contributed by atoms with E-state index in [-0.39, 0.29) is 10.6 Å². The van der Waals surface area contributed by atoms with E-state index in [9.17, 15) is 14.4 Å². The Kier molecular flexibility index (Phi) is 9.31. The number of thioether (sulfide) groups is 1. The normalized spacial score (nSPS) is 11.4. The van der Waals surface area contributed by atoms with Gasteiger partial charge in [0, 0.05) is 10.7 Å². The van der Waals surface area contributed by atoms with Gasteiger partial charge in [0.1, 0.15) is 6.04 Å². The zero-order chi connectivity index (χ0) is 21.2. The molecule has 0 bridgehead atoms. The van der Waals surface area contributed by atoms with Crippen molar-refractivity contribution < 1.29 is 19.1 Å². The van der Waals surface area contributed by atoms with Crippen LogP contribution >= 0.6 is 35.0 Å². The molecule has 0 fully saturated rings. The number of benzene rings is 2. The number of carbonyl (C=O) groups is 3. The molecule has 0 saturated heterocycles. The Balaban J connectivity index is 1.94. The first-order valence-corrected chi connectivity index (χ1v) is 10.8. The van der Waals surface area contributed by atoms with Gasteiger partial charge in [-0.3, -0.25) is 9.59 Å². The zero-order valence-corrected chi connectivity index (χ0v) is 17.9. The minimum Gasteiger partial charge on any atom is -0.454 e. The molecule has 2 N–H and O–H groups in total. The molecular formula is C20H20Cl2N2O4S. The van der Waals surface area contributed by atoms with Crippen molar-refractivity contribution in [2.45, 2.75) is 12.5 Å². The minimum absolute atomic E-state index is 0.259. The van der Waals surface area contributed by atoms with Gasteiger partial charge in [-0.1, -0.05) is 41.4 Å². The van der Waals surface area contributed by atoms with Crippen molar-refractivity contribution in [1.82, 2.24) is 5.32 Å². The van der Waals surface area contributed by atoms with Gasteiger partial charge < -0.3 is 15.4 Å². The summed E-state index contributed by atoms with van der Waals surface area (Å²) in [6.45, 7) is -0.483. The number of halogens is 2. The standard InChI is InChI=1S/C20H20Cl2N2O4S/c1-29-10-9-17(24-19(26)15-7-2-3-8-16(15)22)20(27)28-12-18(25)23-14-6-4-5-13(21)11-14/h2-8,11,17H,9-10,12H2,1H3,(H,23,25)(H,24,26). The fourth-order valence-electron chi connectivity index (χ4n) is 2.37. The minimum atomic E-state index is -0.898. The van der Waals surface area contributed by atoms with Crippen molar-refractivity contribution in [1.29, 1.82) is 0 Å². The Hall–Kier alpha value is -2.22. The number of esters is 1. The van der Waals surface area contributed by atoms with Crippen LogP contribution < -0.4 is 10.6 Å². The van der Waals surface area contributed by atoms with Crippen LogP contribution in [0.25, 0.3) is 0 Å². The molecule has 0 aliphatic rings. The van der Waals surface area contributed by atoms with E-state index in [1.165, 1.54) is 11.8 Å². The third-order valence-corrected chi connectivity index (χ3v) is 4.98. The summed E-state index contributed by atoms with van der Waals surface area (Å²) in [7, 11) is 0. The van der Waals surface area contributed by atoms with Crippen molar-refractivity contribution in [2.24, 2.45) is 0 Å². The van der Waals surface area contributed by atoms with Gasteiger partial charge in [-0.05, 0) is 48.8 Å². The van der Waals surface area contributed by atoms with Crippen LogP contribution in [0.5, 0.6) is 0 Å².